The Bertz CT molecular complexity index is 812. The van der Waals surface area contributed by atoms with E-state index in [1.807, 2.05) is 19.1 Å². The second-order valence-corrected chi connectivity index (χ2v) is 8.95. The first-order chi connectivity index (χ1) is 14.0. The molecule has 0 saturated carbocycles. The highest BCUT2D eigenvalue weighted by Crippen LogP contribution is 2.41. The van der Waals surface area contributed by atoms with Crippen LogP contribution in [-0.2, 0) is 27.2 Å². The van der Waals surface area contributed by atoms with E-state index >= 15 is 0 Å². The maximum absolute atomic E-state index is 13.0. The molecular formula is C22H29NO5S. The molecule has 0 unspecified atom stereocenters. The Morgan fingerprint density at radius 2 is 1.93 bits per heavy atom. The number of carbonyl (C=O) groups excluding carboxylic acids is 2. The van der Waals surface area contributed by atoms with Crippen LogP contribution >= 0.6 is 11.3 Å². The molecule has 7 heteroatoms. The maximum atomic E-state index is 13.0. The zero-order valence-corrected chi connectivity index (χ0v) is 17.8. The van der Waals surface area contributed by atoms with Gasteiger partial charge in [-0.3, -0.25) is 9.59 Å². The minimum atomic E-state index is -0.964. The van der Waals surface area contributed by atoms with Gasteiger partial charge in [0.25, 0.3) is 0 Å². The summed E-state index contributed by atoms with van der Waals surface area (Å²) in [6.07, 6.45) is 8.95. The summed E-state index contributed by atoms with van der Waals surface area (Å²) in [4.78, 5) is 38.4. The van der Waals surface area contributed by atoms with E-state index in [4.69, 9.17) is 4.74 Å². The largest absolute Gasteiger partial charge is 0.481 e. The van der Waals surface area contributed by atoms with E-state index < -0.39 is 23.8 Å². The number of aliphatic carboxylic acids is 1. The van der Waals surface area contributed by atoms with Crippen LogP contribution in [-0.4, -0.2) is 29.6 Å². The van der Waals surface area contributed by atoms with E-state index in [9.17, 15) is 19.5 Å². The molecule has 0 bridgehead atoms. The number of nitrogens with one attached hydrogen (secondary N) is 1. The summed E-state index contributed by atoms with van der Waals surface area (Å²) in [5, 5.41) is 12.9. The summed E-state index contributed by atoms with van der Waals surface area (Å²) in [5.41, 5.74) is 1.47. The van der Waals surface area contributed by atoms with Gasteiger partial charge in [-0.25, -0.2) is 4.79 Å². The summed E-state index contributed by atoms with van der Waals surface area (Å²) in [6.45, 7) is 4.45. The summed E-state index contributed by atoms with van der Waals surface area (Å²) in [7, 11) is 0. The van der Waals surface area contributed by atoms with Crippen LogP contribution in [0.4, 0.5) is 5.00 Å². The van der Waals surface area contributed by atoms with Crippen molar-refractivity contribution in [2.45, 2.75) is 58.8 Å². The van der Waals surface area contributed by atoms with Gasteiger partial charge in [0, 0.05) is 4.88 Å². The average molecular weight is 420 g/mol. The molecule has 2 N–H and O–H groups in total. The van der Waals surface area contributed by atoms with Gasteiger partial charge in [0.1, 0.15) is 5.00 Å². The van der Waals surface area contributed by atoms with E-state index in [-0.39, 0.29) is 5.91 Å². The molecule has 2 aliphatic rings. The van der Waals surface area contributed by atoms with Gasteiger partial charge in [0.15, 0.2) is 0 Å². The number of carboxylic acid groups (broad SMARTS) is 1. The lowest BCUT2D eigenvalue weighted by atomic mass is 9.82. The number of allylic oxidation sites excluding steroid dienone is 2. The van der Waals surface area contributed by atoms with Crippen molar-refractivity contribution in [1.82, 2.24) is 0 Å². The number of hydrogen-bond donors (Lipinski definition) is 2. The molecule has 0 aliphatic heterocycles. The predicted octanol–water partition coefficient (Wildman–Crippen LogP) is 4.44. The summed E-state index contributed by atoms with van der Waals surface area (Å²) in [6, 6.07) is 0. The summed E-state index contributed by atoms with van der Waals surface area (Å²) < 4.78 is 5.39. The first kappa shape index (κ1) is 21.6. The van der Waals surface area contributed by atoms with Crippen molar-refractivity contribution in [3.8, 4) is 0 Å². The molecule has 2 aliphatic carbocycles. The van der Waals surface area contributed by atoms with Crippen LogP contribution in [0.3, 0.4) is 0 Å². The molecule has 29 heavy (non-hydrogen) atoms. The molecule has 0 spiro atoms. The lowest BCUT2D eigenvalue weighted by molar-refractivity contribution is -0.146. The molecule has 0 saturated heterocycles. The highest BCUT2D eigenvalue weighted by molar-refractivity contribution is 7.17. The molecule has 1 heterocycles. The number of fused-ring (bicyclic) bond motifs is 1. The molecule has 0 fully saturated rings. The van der Waals surface area contributed by atoms with E-state index in [1.165, 1.54) is 11.3 Å². The van der Waals surface area contributed by atoms with Crippen LogP contribution in [0.5, 0.6) is 0 Å². The van der Waals surface area contributed by atoms with Gasteiger partial charge >= 0.3 is 11.9 Å². The van der Waals surface area contributed by atoms with E-state index in [1.54, 1.807) is 0 Å². The monoisotopic (exact) mass is 419 g/mol. The van der Waals surface area contributed by atoms with Gasteiger partial charge in [-0.2, -0.15) is 0 Å². The van der Waals surface area contributed by atoms with E-state index in [0.717, 1.165) is 42.5 Å². The minimum Gasteiger partial charge on any atom is -0.481 e. The number of amides is 1. The molecule has 1 amide bonds. The number of hydrogen-bond acceptors (Lipinski definition) is 5. The average Bonchev–Trinajstić information content (AvgIpc) is 3.08. The van der Waals surface area contributed by atoms with Gasteiger partial charge in [0.05, 0.1) is 24.0 Å². The Morgan fingerprint density at radius 3 is 2.59 bits per heavy atom. The van der Waals surface area contributed by atoms with Crippen LogP contribution in [0.25, 0.3) is 0 Å². The fraction of sp³-hybridized carbons (Fsp3) is 0.591. The standard InChI is InChI=1S/C22H29NO5S/c1-3-11-28-22(27)18-16-10-9-13(4-2)12-17(16)29-20(18)23-19(24)14-7-5-6-8-15(14)21(25)26/h5-6,13-15H,3-4,7-12H2,1-2H3,(H,23,24)(H,25,26)/t13-,14-,15-/m1/s1. The zero-order chi connectivity index (χ0) is 21.0. The number of rotatable bonds is 7. The first-order valence-corrected chi connectivity index (χ1v) is 11.3. The molecule has 0 radical (unpaired) electrons. The van der Waals surface area contributed by atoms with Crippen molar-refractivity contribution in [3.63, 3.8) is 0 Å². The molecule has 3 atom stereocenters. The van der Waals surface area contributed by atoms with Gasteiger partial charge in [0.2, 0.25) is 5.91 Å². The number of esters is 1. The fourth-order valence-electron chi connectivity index (χ4n) is 4.16. The third-order valence-corrected chi connectivity index (χ3v) is 7.08. The predicted molar refractivity (Wildman–Crippen MR) is 112 cm³/mol. The topological polar surface area (TPSA) is 92.7 Å². The third-order valence-electron chi connectivity index (χ3n) is 5.91. The van der Waals surface area contributed by atoms with Crippen LogP contribution in [0, 0.1) is 17.8 Å². The van der Waals surface area contributed by atoms with Crippen LogP contribution in [0.1, 0.15) is 66.8 Å². The number of ether oxygens (including phenoxy) is 1. The van der Waals surface area contributed by atoms with Crippen molar-refractivity contribution >= 4 is 34.2 Å². The highest BCUT2D eigenvalue weighted by Gasteiger charge is 2.36. The Labute approximate surface area is 175 Å². The quantitative estimate of drug-likeness (QED) is 0.504. The molecule has 0 aromatic carbocycles. The summed E-state index contributed by atoms with van der Waals surface area (Å²) >= 11 is 1.45. The second-order valence-electron chi connectivity index (χ2n) is 7.84. The molecule has 158 valence electrons. The molecular weight excluding hydrogens is 390 g/mol. The minimum absolute atomic E-state index is 0.336. The Kier molecular flexibility index (Phi) is 7.11. The number of thiophene rings is 1. The van der Waals surface area contributed by atoms with Gasteiger partial charge < -0.3 is 15.2 Å². The molecule has 1 aromatic rings. The Morgan fingerprint density at radius 1 is 1.21 bits per heavy atom. The van der Waals surface area contributed by atoms with Crippen molar-refractivity contribution < 1.29 is 24.2 Å². The van der Waals surface area contributed by atoms with E-state index in [2.05, 4.69) is 12.2 Å². The third kappa shape index (κ3) is 4.71. The SMILES string of the molecule is CCCOC(=O)c1c(NC(=O)[C@@H]2CC=CC[C@H]2C(=O)O)sc2c1CC[C@@H](CC)C2. The summed E-state index contributed by atoms with van der Waals surface area (Å²) in [5.74, 6) is -2.49. The van der Waals surface area contributed by atoms with Crippen LogP contribution in [0.2, 0.25) is 0 Å². The number of carboxylic acids is 1. The van der Waals surface area contributed by atoms with Crippen molar-refractivity contribution in [2.75, 3.05) is 11.9 Å². The first-order valence-electron chi connectivity index (χ1n) is 10.5. The van der Waals surface area contributed by atoms with Crippen molar-refractivity contribution in [3.05, 3.63) is 28.2 Å². The lowest BCUT2D eigenvalue weighted by Gasteiger charge is -2.24. The van der Waals surface area contributed by atoms with Crippen LogP contribution < -0.4 is 5.32 Å². The number of anilines is 1. The van der Waals surface area contributed by atoms with Gasteiger partial charge in [-0.05, 0) is 50.0 Å². The lowest BCUT2D eigenvalue weighted by Crippen LogP contribution is -2.34. The maximum Gasteiger partial charge on any atom is 0.341 e. The molecule has 3 rings (SSSR count). The van der Waals surface area contributed by atoms with Crippen molar-refractivity contribution in [2.24, 2.45) is 17.8 Å². The normalized spacial score (nSPS) is 23.3. The Balaban J connectivity index is 1.88. The highest BCUT2D eigenvalue weighted by atomic mass is 32.1. The van der Waals surface area contributed by atoms with E-state index in [0.29, 0.717) is 35.9 Å². The van der Waals surface area contributed by atoms with Gasteiger partial charge in [-0.1, -0.05) is 32.4 Å². The Hall–Kier alpha value is -2.15. The van der Waals surface area contributed by atoms with Crippen molar-refractivity contribution in [1.29, 1.82) is 0 Å². The van der Waals surface area contributed by atoms with Gasteiger partial charge in [-0.15, -0.1) is 11.3 Å². The zero-order valence-electron chi connectivity index (χ0n) is 17.0. The molecule has 6 nitrogen and oxygen atoms in total. The number of carbonyl (C=O) groups is 3. The second kappa shape index (κ2) is 9.57. The van der Waals surface area contributed by atoms with Crippen LogP contribution in [0.15, 0.2) is 12.2 Å². The molecule has 1 aromatic heterocycles. The smallest absolute Gasteiger partial charge is 0.341 e. The fourth-order valence-corrected chi connectivity index (χ4v) is 5.51.